The Morgan fingerprint density at radius 2 is 0.676 bits per heavy atom. The van der Waals surface area contributed by atoms with Crippen LogP contribution in [-0.2, 0) is 9.53 Å². The van der Waals surface area contributed by atoms with Gasteiger partial charge in [-0.15, -0.1) is 0 Å². The van der Waals surface area contributed by atoms with Crippen LogP contribution in [0, 0.1) is 5.92 Å². The zero-order valence-corrected chi connectivity index (χ0v) is 16.8. The third kappa shape index (κ3) is 4.50. The van der Waals surface area contributed by atoms with E-state index in [1.165, 1.54) is 0 Å². The van der Waals surface area contributed by atoms with E-state index >= 15 is 0 Å². The van der Waals surface area contributed by atoms with Crippen LogP contribution in [0.1, 0.15) is 13.8 Å². The Balaban J connectivity index is 7.26. The van der Waals surface area contributed by atoms with Gasteiger partial charge in [0.1, 0.15) is 0 Å². The molecule has 37 heavy (non-hydrogen) atoms. The van der Waals surface area contributed by atoms with Gasteiger partial charge < -0.3 is 4.74 Å². The molecule has 0 aliphatic rings. The Hall–Kier alpha value is -2.00. The first-order valence-corrected chi connectivity index (χ1v) is 8.27. The van der Waals surface area contributed by atoms with E-state index in [-0.39, 0.29) is 0 Å². The van der Waals surface area contributed by atoms with Crippen molar-refractivity contribution in [3.8, 4) is 0 Å². The van der Waals surface area contributed by atoms with E-state index in [0.717, 1.165) is 0 Å². The van der Waals surface area contributed by atoms with Gasteiger partial charge in [-0.05, 0) is 0 Å². The molecule has 2 nitrogen and oxygen atoms in total. The largest absolute Gasteiger partial charge is 0.467 e. The summed E-state index contributed by atoms with van der Waals surface area (Å²) in [7, 11) is 0. The van der Waals surface area contributed by atoms with E-state index < -0.39 is 71.6 Å². The number of hydrogen-bond donors (Lipinski definition) is 0. The Morgan fingerprint density at radius 3 is 0.892 bits per heavy atom. The summed E-state index contributed by atoms with van der Waals surface area (Å²) in [4.78, 5) is 11.0. The summed E-state index contributed by atoms with van der Waals surface area (Å²) in [5, 5.41) is 0. The van der Waals surface area contributed by atoms with Crippen molar-refractivity contribution in [2.24, 2.45) is 5.92 Å². The molecule has 0 bridgehead atoms. The van der Waals surface area contributed by atoms with Crippen LogP contribution in [0.15, 0.2) is 0 Å². The van der Waals surface area contributed by atoms with Gasteiger partial charge in [0.15, 0.2) is 0 Å². The molecule has 0 N–H and O–H groups in total. The summed E-state index contributed by atoms with van der Waals surface area (Å²) in [5.74, 6) is -75.7. The van der Waals surface area contributed by atoms with Gasteiger partial charge in [-0.2, -0.15) is 92.2 Å². The number of carbonyl (C=O) groups is 1. The molecule has 0 saturated heterocycles. The van der Waals surface area contributed by atoms with Crippen LogP contribution in [0.4, 0.5) is 92.2 Å². The molecule has 0 fully saturated rings. The number of ether oxygens (including phenoxy) is 1. The smallest absolute Gasteiger partial charge is 0.414 e. The fourth-order valence-corrected chi connectivity index (χ4v) is 1.92. The normalized spacial score (nSPS) is 17.6. The summed E-state index contributed by atoms with van der Waals surface area (Å²) in [6.07, 6.45) is -15.9. The van der Waals surface area contributed by atoms with Gasteiger partial charge >= 0.3 is 65.6 Å². The van der Waals surface area contributed by atoms with Gasteiger partial charge in [-0.25, -0.2) is 0 Å². The highest BCUT2D eigenvalue weighted by molar-refractivity contribution is 5.72. The molecule has 222 valence electrons. The molecule has 0 radical (unpaired) electrons. The van der Waals surface area contributed by atoms with Crippen LogP contribution in [0.5, 0.6) is 0 Å². The van der Waals surface area contributed by atoms with E-state index in [1.54, 1.807) is 0 Å². The molecule has 0 aliphatic carbocycles. The van der Waals surface area contributed by atoms with Crippen molar-refractivity contribution in [3.05, 3.63) is 0 Å². The first-order chi connectivity index (χ1) is 15.6. The number of carbonyl (C=O) groups excluding carboxylic acids is 1. The van der Waals surface area contributed by atoms with Crippen molar-refractivity contribution in [1.29, 1.82) is 0 Å². The van der Waals surface area contributed by atoms with Crippen molar-refractivity contribution in [2.75, 3.05) is 0 Å². The lowest BCUT2D eigenvalue weighted by atomic mass is 9.87. The quantitative estimate of drug-likeness (QED) is 0.202. The first kappa shape index (κ1) is 35.0. The van der Waals surface area contributed by atoms with E-state index in [0.29, 0.717) is 13.8 Å². The number of alkyl halides is 21. The minimum Gasteiger partial charge on any atom is -0.414 e. The molecule has 0 aromatic rings. The van der Waals surface area contributed by atoms with Crippen LogP contribution >= 0.6 is 0 Å². The standard InChI is InChI=1S/C14H7F21O2/c1-3(2)4(36)37-12(29,14(33,34)35)10(25,26)8(21,22)6(17,18)5(15,16)7(19,20)9(23,24)11(27,28)13(30,31)32/h3H,1-2H3. The Labute approximate surface area is 188 Å². The third-order valence-electron chi connectivity index (χ3n) is 4.20. The molecular formula is C14H7F21O2. The fraction of sp³-hybridized carbons (Fsp3) is 0.929. The molecule has 0 rings (SSSR count). The molecule has 0 heterocycles. The van der Waals surface area contributed by atoms with Crippen LogP contribution in [-0.4, -0.2) is 65.6 Å². The molecule has 0 saturated carbocycles. The highest BCUT2D eigenvalue weighted by atomic mass is 19.4. The van der Waals surface area contributed by atoms with E-state index in [4.69, 9.17) is 0 Å². The van der Waals surface area contributed by atoms with Crippen LogP contribution in [0.25, 0.3) is 0 Å². The Morgan fingerprint density at radius 1 is 0.432 bits per heavy atom. The van der Waals surface area contributed by atoms with Gasteiger partial charge in [0.25, 0.3) is 0 Å². The zero-order valence-electron chi connectivity index (χ0n) is 16.8. The van der Waals surface area contributed by atoms with Crippen molar-refractivity contribution in [2.45, 2.75) is 73.5 Å². The highest BCUT2D eigenvalue weighted by Gasteiger charge is 2.98. The molecule has 1 unspecified atom stereocenters. The molecule has 0 aromatic heterocycles. The van der Waals surface area contributed by atoms with Gasteiger partial charge in [0, 0.05) is 0 Å². The van der Waals surface area contributed by atoms with Crippen molar-refractivity contribution in [1.82, 2.24) is 0 Å². The Bertz CT molecular complexity index is 850. The average molecular weight is 606 g/mol. The molecule has 0 spiro atoms. The minimum atomic E-state index is -9.24. The average Bonchev–Trinajstić information content (AvgIpc) is 2.64. The topological polar surface area (TPSA) is 26.3 Å². The van der Waals surface area contributed by atoms with E-state index in [9.17, 15) is 97.0 Å². The number of esters is 1. The monoisotopic (exact) mass is 606 g/mol. The molecule has 0 aromatic carbocycles. The number of hydrogen-bond acceptors (Lipinski definition) is 2. The SMILES string of the molecule is CC(C)C(=O)OC(F)(C(F)(F)F)C(F)(F)C(F)(F)C(F)(F)C(F)(F)C(F)(F)C(F)(F)C(F)(F)C(F)(F)F. The maximum atomic E-state index is 14.0. The van der Waals surface area contributed by atoms with Crippen molar-refractivity contribution < 1.29 is 102 Å². The maximum Gasteiger partial charge on any atom is 0.467 e. The molecule has 23 heteroatoms. The van der Waals surface area contributed by atoms with Crippen molar-refractivity contribution in [3.63, 3.8) is 0 Å². The summed E-state index contributed by atoms with van der Waals surface area (Å²) in [6, 6.07) is 0. The summed E-state index contributed by atoms with van der Waals surface area (Å²) < 4.78 is 278. The first-order valence-electron chi connectivity index (χ1n) is 8.27. The van der Waals surface area contributed by atoms with Crippen LogP contribution < -0.4 is 0 Å². The predicted molar refractivity (Wildman–Crippen MR) is 71.5 cm³/mol. The zero-order chi connectivity index (χ0) is 30.9. The summed E-state index contributed by atoms with van der Waals surface area (Å²) >= 11 is 0. The number of rotatable bonds is 9. The third-order valence-corrected chi connectivity index (χ3v) is 4.20. The predicted octanol–water partition coefficient (Wildman–Crippen LogP) is 7.42. The molecular weight excluding hydrogens is 599 g/mol. The second kappa shape index (κ2) is 8.76. The maximum absolute atomic E-state index is 14.0. The Kier molecular flexibility index (Phi) is 8.29. The lowest BCUT2D eigenvalue weighted by Gasteiger charge is -2.45. The van der Waals surface area contributed by atoms with Gasteiger partial charge in [-0.3, -0.25) is 4.79 Å². The van der Waals surface area contributed by atoms with Crippen molar-refractivity contribution >= 4 is 5.97 Å². The van der Waals surface area contributed by atoms with Crippen LogP contribution in [0.3, 0.4) is 0 Å². The van der Waals surface area contributed by atoms with E-state index in [2.05, 4.69) is 4.74 Å². The van der Waals surface area contributed by atoms with Crippen LogP contribution in [0.2, 0.25) is 0 Å². The fourth-order valence-electron chi connectivity index (χ4n) is 1.92. The number of halogens is 21. The van der Waals surface area contributed by atoms with E-state index in [1.807, 2.05) is 0 Å². The summed E-state index contributed by atoms with van der Waals surface area (Å²) in [5.41, 5.74) is 0. The summed E-state index contributed by atoms with van der Waals surface area (Å²) in [6.45, 7) is 0.698. The van der Waals surface area contributed by atoms with Gasteiger partial charge in [-0.1, -0.05) is 13.8 Å². The second-order valence-electron chi connectivity index (χ2n) is 7.19. The minimum absolute atomic E-state index is 0.349. The highest BCUT2D eigenvalue weighted by Crippen LogP contribution is 2.66. The lowest BCUT2D eigenvalue weighted by Crippen LogP contribution is -2.77. The van der Waals surface area contributed by atoms with Gasteiger partial charge in [0.2, 0.25) is 0 Å². The lowest BCUT2D eigenvalue weighted by molar-refractivity contribution is -0.484. The second-order valence-corrected chi connectivity index (χ2v) is 7.19. The molecule has 0 amide bonds. The van der Waals surface area contributed by atoms with Gasteiger partial charge in [0.05, 0.1) is 5.92 Å². The molecule has 1 atom stereocenters. The molecule has 0 aliphatic heterocycles.